The number of amides is 3. The Hall–Kier alpha value is -3.10. The van der Waals surface area contributed by atoms with E-state index in [0.717, 1.165) is 34.6 Å². The van der Waals surface area contributed by atoms with E-state index in [0.29, 0.717) is 0 Å². The van der Waals surface area contributed by atoms with E-state index in [9.17, 15) is 19.2 Å². The molecule has 3 aromatic rings. The largest absolute Gasteiger partial charge is 0.426 e. The molecule has 1 fully saturated rings. The van der Waals surface area contributed by atoms with Crippen LogP contribution in [0.5, 0.6) is 5.75 Å². The molecule has 0 saturated carbocycles. The first-order valence-corrected chi connectivity index (χ1v) is 14.1. The summed E-state index contributed by atoms with van der Waals surface area (Å²) >= 11 is 24.7. The Balaban J connectivity index is 1.37. The number of esters is 1. The number of rotatable bonds is 6. The number of imide groups is 1. The Kier molecular flexibility index (Phi) is 7.86. The van der Waals surface area contributed by atoms with Crippen molar-refractivity contribution in [2.75, 3.05) is 16.3 Å². The van der Waals surface area contributed by atoms with Crippen LogP contribution in [0.3, 0.4) is 0 Å². The molecule has 0 N–H and O–H groups in total. The maximum Gasteiger partial charge on any atom is 0.316 e. The van der Waals surface area contributed by atoms with Gasteiger partial charge in [0.05, 0.1) is 42.8 Å². The van der Waals surface area contributed by atoms with Gasteiger partial charge in [0.15, 0.2) is 0 Å². The Bertz CT molecular complexity index is 1540. The first kappa shape index (κ1) is 28.4. The fourth-order valence-corrected chi connectivity index (χ4v) is 6.13. The number of carbonyl (C=O) groups excluding carboxylic acids is 4. The molecule has 0 unspecified atom stereocenters. The Morgan fingerprint density at radius 1 is 0.850 bits per heavy atom. The summed E-state index contributed by atoms with van der Waals surface area (Å²) in [6.07, 6.45) is 1.51. The molecule has 206 valence electrons. The van der Waals surface area contributed by atoms with Gasteiger partial charge >= 0.3 is 5.97 Å². The highest BCUT2D eigenvalue weighted by atomic mass is 35.5. The highest BCUT2D eigenvalue weighted by molar-refractivity contribution is 6.56. The van der Waals surface area contributed by atoms with Crippen LogP contribution in [0.1, 0.15) is 52.1 Å². The maximum absolute atomic E-state index is 13.2. The van der Waals surface area contributed by atoms with Gasteiger partial charge in [-0.2, -0.15) is 0 Å². The molecule has 5 rings (SSSR count). The third-order valence-electron chi connectivity index (χ3n) is 7.09. The molecule has 0 radical (unpaired) electrons. The number of benzene rings is 3. The van der Waals surface area contributed by atoms with Crippen LogP contribution in [-0.4, -0.2) is 30.2 Å². The average molecular weight is 620 g/mol. The number of fused-ring (bicyclic) bond motifs is 1. The van der Waals surface area contributed by atoms with Gasteiger partial charge in [0.2, 0.25) is 5.91 Å². The molecule has 0 aromatic heterocycles. The smallest absolute Gasteiger partial charge is 0.316 e. The summed E-state index contributed by atoms with van der Waals surface area (Å²) in [5, 5.41) is -0.627. The van der Waals surface area contributed by atoms with Crippen LogP contribution < -0.4 is 14.5 Å². The lowest BCUT2D eigenvalue weighted by molar-refractivity contribution is -0.139. The van der Waals surface area contributed by atoms with E-state index in [4.69, 9.17) is 51.1 Å². The molecule has 11 heteroatoms. The van der Waals surface area contributed by atoms with Crippen molar-refractivity contribution in [3.05, 3.63) is 84.8 Å². The van der Waals surface area contributed by atoms with E-state index in [-0.39, 0.29) is 61.5 Å². The van der Waals surface area contributed by atoms with Gasteiger partial charge in [-0.1, -0.05) is 84.5 Å². The van der Waals surface area contributed by atoms with Crippen LogP contribution in [0.2, 0.25) is 20.1 Å². The van der Waals surface area contributed by atoms with E-state index in [1.807, 2.05) is 32.0 Å². The number of ether oxygens (including phenoxy) is 1. The molecular formula is C29H22Cl4N2O5. The highest BCUT2D eigenvalue weighted by Gasteiger charge is 2.43. The first-order chi connectivity index (χ1) is 19.1. The molecule has 1 atom stereocenters. The van der Waals surface area contributed by atoms with Crippen LogP contribution >= 0.6 is 46.4 Å². The summed E-state index contributed by atoms with van der Waals surface area (Å²) in [5.41, 5.74) is 2.76. The third kappa shape index (κ3) is 4.65. The number of anilines is 2. The molecule has 3 aromatic carbocycles. The molecule has 0 spiro atoms. The summed E-state index contributed by atoms with van der Waals surface area (Å²) in [4.78, 5) is 55.1. The zero-order valence-electron chi connectivity index (χ0n) is 21.4. The van der Waals surface area contributed by atoms with E-state index in [1.54, 1.807) is 4.90 Å². The monoisotopic (exact) mass is 618 g/mol. The topological polar surface area (TPSA) is 84.0 Å². The SMILES string of the molecule is CCc1cccc(CC)c1N1C[C@H](C(=O)Oc2cccc(N3C(=O)c4c(Cl)c(Cl)c(Cl)c(Cl)c4C3=O)c2)CC1=O. The second kappa shape index (κ2) is 11.1. The lowest BCUT2D eigenvalue weighted by Gasteiger charge is -2.23. The van der Waals surface area contributed by atoms with Gasteiger partial charge in [-0.3, -0.25) is 19.2 Å². The van der Waals surface area contributed by atoms with Crippen LogP contribution in [0.4, 0.5) is 11.4 Å². The van der Waals surface area contributed by atoms with Crippen molar-refractivity contribution in [1.29, 1.82) is 0 Å². The normalized spacial score (nSPS) is 16.6. The number of carbonyl (C=O) groups is 4. The fraction of sp³-hybridized carbons (Fsp3) is 0.241. The van der Waals surface area contributed by atoms with Crippen molar-refractivity contribution in [3.63, 3.8) is 0 Å². The molecule has 0 aliphatic carbocycles. The second-order valence-corrected chi connectivity index (χ2v) is 10.9. The van der Waals surface area contributed by atoms with E-state index < -0.39 is 23.7 Å². The minimum atomic E-state index is -0.743. The number of aryl methyl sites for hydroxylation is 2. The molecule has 7 nitrogen and oxygen atoms in total. The van der Waals surface area contributed by atoms with Crippen LogP contribution in [-0.2, 0) is 22.4 Å². The summed E-state index contributed by atoms with van der Waals surface area (Å²) in [6.45, 7) is 4.24. The lowest BCUT2D eigenvalue weighted by Crippen LogP contribution is -2.30. The number of para-hydroxylation sites is 1. The van der Waals surface area contributed by atoms with Gasteiger partial charge in [-0.05, 0) is 36.1 Å². The van der Waals surface area contributed by atoms with Crippen molar-refractivity contribution < 1.29 is 23.9 Å². The van der Waals surface area contributed by atoms with Gasteiger partial charge in [0, 0.05) is 24.7 Å². The number of halogens is 4. The second-order valence-electron chi connectivity index (χ2n) is 9.41. The van der Waals surface area contributed by atoms with Crippen molar-refractivity contribution in [2.45, 2.75) is 33.1 Å². The molecule has 3 amide bonds. The molecular weight excluding hydrogens is 598 g/mol. The molecule has 40 heavy (non-hydrogen) atoms. The van der Waals surface area contributed by atoms with Gasteiger partial charge in [0.1, 0.15) is 5.75 Å². The fourth-order valence-electron chi connectivity index (χ4n) is 5.11. The Morgan fingerprint density at radius 2 is 1.40 bits per heavy atom. The van der Waals surface area contributed by atoms with Crippen molar-refractivity contribution in [1.82, 2.24) is 0 Å². The highest BCUT2D eigenvalue weighted by Crippen LogP contribution is 2.46. The summed E-state index contributed by atoms with van der Waals surface area (Å²) in [5.74, 6) is -2.82. The van der Waals surface area contributed by atoms with E-state index >= 15 is 0 Å². The molecule has 2 heterocycles. The van der Waals surface area contributed by atoms with Gasteiger partial charge in [-0.25, -0.2) is 4.90 Å². The van der Waals surface area contributed by atoms with Crippen molar-refractivity contribution in [3.8, 4) is 5.75 Å². The predicted molar refractivity (Wildman–Crippen MR) is 155 cm³/mol. The predicted octanol–water partition coefficient (Wildman–Crippen LogP) is 7.18. The zero-order chi connectivity index (χ0) is 28.9. The lowest BCUT2D eigenvalue weighted by atomic mass is 10.0. The molecule has 0 bridgehead atoms. The minimum Gasteiger partial charge on any atom is -0.426 e. The van der Waals surface area contributed by atoms with Crippen LogP contribution in [0.15, 0.2) is 42.5 Å². The van der Waals surface area contributed by atoms with Gasteiger partial charge < -0.3 is 9.64 Å². The van der Waals surface area contributed by atoms with Gasteiger partial charge in [0.25, 0.3) is 11.8 Å². The minimum absolute atomic E-state index is 0.0106. The summed E-state index contributed by atoms with van der Waals surface area (Å²) in [6, 6.07) is 11.9. The molecule has 1 saturated heterocycles. The van der Waals surface area contributed by atoms with Crippen molar-refractivity contribution in [2.24, 2.45) is 5.92 Å². The third-order valence-corrected chi connectivity index (χ3v) is 8.89. The zero-order valence-corrected chi connectivity index (χ0v) is 24.4. The van der Waals surface area contributed by atoms with Crippen LogP contribution in [0.25, 0.3) is 0 Å². The standard InChI is InChI=1S/C29H22Cl4N2O5/c1-3-14-7-5-8-15(4-2)26(14)34-13-16(11-19(34)36)29(39)40-18-10-6-9-17(12-18)35-27(37)20-21(28(35)38)23(31)25(33)24(32)22(20)30/h5-10,12,16H,3-4,11,13H2,1-2H3/t16-/m1/s1. The first-order valence-electron chi connectivity index (χ1n) is 12.6. The van der Waals surface area contributed by atoms with Crippen LogP contribution in [0, 0.1) is 5.92 Å². The Morgan fingerprint density at radius 3 is 1.95 bits per heavy atom. The van der Waals surface area contributed by atoms with E-state index in [2.05, 4.69) is 0 Å². The van der Waals surface area contributed by atoms with E-state index in [1.165, 1.54) is 24.3 Å². The maximum atomic E-state index is 13.2. The number of nitrogens with zero attached hydrogens (tertiary/aromatic N) is 2. The average Bonchev–Trinajstić information content (AvgIpc) is 3.46. The molecule has 2 aliphatic rings. The summed E-state index contributed by atoms with van der Waals surface area (Å²) < 4.78 is 5.62. The molecule has 2 aliphatic heterocycles. The Labute approximate surface area is 250 Å². The quantitative estimate of drug-likeness (QED) is 0.0959. The summed E-state index contributed by atoms with van der Waals surface area (Å²) in [7, 11) is 0. The number of hydrogen-bond acceptors (Lipinski definition) is 5. The van der Waals surface area contributed by atoms with Gasteiger partial charge in [-0.15, -0.1) is 0 Å². The van der Waals surface area contributed by atoms with Crippen molar-refractivity contribution >= 4 is 81.5 Å². The number of hydrogen-bond donors (Lipinski definition) is 0.